The first-order chi connectivity index (χ1) is 7.29. The van der Waals surface area contributed by atoms with E-state index in [1.54, 1.807) is 0 Å². The lowest BCUT2D eigenvalue weighted by Gasteiger charge is -2.41. The predicted octanol–water partition coefficient (Wildman–Crippen LogP) is 0.735. The lowest BCUT2D eigenvalue weighted by atomic mass is 9.81. The maximum Gasteiger partial charge on any atom is 0.214 e. The van der Waals surface area contributed by atoms with Crippen molar-refractivity contribution in [3.05, 3.63) is 0 Å². The second kappa shape index (κ2) is 4.98. The van der Waals surface area contributed by atoms with E-state index >= 15 is 0 Å². The zero-order chi connectivity index (χ0) is 12.4. The molecule has 0 radical (unpaired) electrons. The van der Waals surface area contributed by atoms with Crippen molar-refractivity contribution in [3.8, 4) is 0 Å². The van der Waals surface area contributed by atoms with Gasteiger partial charge in [-0.25, -0.2) is 12.7 Å². The Hall–Kier alpha value is -0.200. The molecule has 4 nitrogen and oxygen atoms in total. The summed E-state index contributed by atoms with van der Waals surface area (Å²) in [6.45, 7) is 4.24. The van der Waals surface area contributed by atoms with Gasteiger partial charge in [-0.2, -0.15) is 0 Å². The summed E-state index contributed by atoms with van der Waals surface area (Å²) in [5.74, 6) is -0.102. The molecule has 6 heteroatoms. The zero-order valence-electron chi connectivity index (χ0n) is 9.95. The van der Waals surface area contributed by atoms with Crippen LogP contribution in [0.2, 0.25) is 0 Å². The molecule has 1 saturated heterocycles. The number of halogens is 1. The van der Waals surface area contributed by atoms with Crippen molar-refractivity contribution in [2.45, 2.75) is 32.7 Å². The maximum atomic E-state index is 12.0. The molecule has 16 heavy (non-hydrogen) atoms. The van der Waals surface area contributed by atoms with Gasteiger partial charge < -0.3 is 5.73 Å². The molecule has 0 aliphatic carbocycles. The molecule has 1 rings (SSSR count). The van der Waals surface area contributed by atoms with Crippen molar-refractivity contribution in [1.29, 1.82) is 0 Å². The van der Waals surface area contributed by atoms with Gasteiger partial charge in [0.05, 0.1) is 12.4 Å². The van der Waals surface area contributed by atoms with Gasteiger partial charge in [0.1, 0.15) is 0 Å². The third-order valence-electron chi connectivity index (χ3n) is 3.21. The number of hydrogen-bond acceptors (Lipinski definition) is 3. The van der Waals surface area contributed by atoms with E-state index in [2.05, 4.69) is 0 Å². The van der Waals surface area contributed by atoms with Crippen LogP contribution in [-0.4, -0.2) is 44.3 Å². The van der Waals surface area contributed by atoms with Crippen molar-refractivity contribution in [3.63, 3.8) is 0 Å². The Morgan fingerprint density at radius 3 is 2.62 bits per heavy atom. The summed E-state index contributed by atoms with van der Waals surface area (Å²) in [5, 5.41) is 0. The molecule has 1 fully saturated rings. The molecule has 1 unspecified atom stereocenters. The van der Waals surface area contributed by atoms with E-state index < -0.39 is 16.7 Å². The Kier molecular flexibility index (Phi) is 4.31. The number of hydrogen-bond donors (Lipinski definition) is 1. The molecule has 0 saturated carbocycles. The van der Waals surface area contributed by atoms with Gasteiger partial charge in [0.15, 0.2) is 0 Å². The minimum Gasteiger partial charge on any atom is -0.327 e. The van der Waals surface area contributed by atoms with Crippen molar-refractivity contribution in [1.82, 2.24) is 4.31 Å². The first-order valence-electron chi connectivity index (χ1n) is 5.59. The summed E-state index contributed by atoms with van der Waals surface area (Å²) in [7, 11) is -3.30. The molecular formula is C10H21FN2O2S. The summed E-state index contributed by atoms with van der Waals surface area (Å²) in [6, 6.07) is 0.0279. The van der Waals surface area contributed by atoms with E-state index in [-0.39, 0.29) is 23.6 Å². The van der Waals surface area contributed by atoms with E-state index in [9.17, 15) is 12.8 Å². The highest BCUT2D eigenvalue weighted by molar-refractivity contribution is 7.89. The summed E-state index contributed by atoms with van der Waals surface area (Å²) >= 11 is 0. The number of alkyl halides is 1. The van der Waals surface area contributed by atoms with Crippen molar-refractivity contribution < 1.29 is 12.8 Å². The normalized spacial score (nSPS) is 26.9. The van der Waals surface area contributed by atoms with Gasteiger partial charge in [-0.15, -0.1) is 0 Å². The smallest absolute Gasteiger partial charge is 0.214 e. The van der Waals surface area contributed by atoms with Crippen LogP contribution < -0.4 is 5.73 Å². The van der Waals surface area contributed by atoms with E-state index in [1.807, 2.05) is 13.8 Å². The third kappa shape index (κ3) is 3.15. The highest BCUT2D eigenvalue weighted by atomic mass is 32.2. The molecule has 0 aromatic rings. The second-order valence-corrected chi connectivity index (χ2v) is 7.16. The van der Waals surface area contributed by atoms with Crippen LogP contribution in [0.5, 0.6) is 0 Å². The minimum absolute atomic E-state index is 0.0279. The molecule has 0 aromatic carbocycles. The summed E-state index contributed by atoms with van der Waals surface area (Å²) in [6.07, 6.45) is 0.743. The monoisotopic (exact) mass is 252 g/mol. The highest BCUT2D eigenvalue weighted by Gasteiger charge is 2.37. The first kappa shape index (κ1) is 13.9. The molecule has 0 aromatic heterocycles. The van der Waals surface area contributed by atoms with Gasteiger partial charge in [-0.3, -0.25) is 4.39 Å². The fourth-order valence-electron chi connectivity index (χ4n) is 1.93. The third-order valence-corrected chi connectivity index (χ3v) is 5.11. The fourth-order valence-corrected chi connectivity index (χ4v) is 3.57. The molecule has 1 heterocycles. The molecule has 0 spiro atoms. The second-order valence-electron chi connectivity index (χ2n) is 5.08. The summed E-state index contributed by atoms with van der Waals surface area (Å²) in [4.78, 5) is 0. The molecule has 1 aliphatic rings. The lowest BCUT2D eigenvalue weighted by molar-refractivity contribution is 0.155. The Bertz CT molecular complexity index is 330. The molecule has 0 amide bonds. The average Bonchev–Trinajstić information content (AvgIpc) is 2.19. The van der Waals surface area contributed by atoms with Crippen LogP contribution in [0.4, 0.5) is 4.39 Å². The summed E-state index contributed by atoms with van der Waals surface area (Å²) in [5.41, 5.74) is 5.73. The Labute approximate surface area is 97.0 Å². The van der Waals surface area contributed by atoms with Gasteiger partial charge in [-0.05, 0) is 18.3 Å². The standard InChI is InChI=1S/C10H21FN2O2S/c1-10(2)8-13(6-4-9(10)12)16(14,15)7-3-5-11/h9H,3-8,12H2,1-2H3. The van der Waals surface area contributed by atoms with Crippen LogP contribution in [0.1, 0.15) is 26.7 Å². The number of piperidine rings is 1. The van der Waals surface area contributed by atoms with Gasteiger partial charge in [-0.1, -0.05) is 13.8 Å². The number of nitrogens with two attached hydrogens (primary N) is 1. The predicted molar refractivity (Wildman–Crippen MR) is 62.3 cm³/mol. The largest absolute Gasteiger partial charge is 0.327 e. The van der Waals surface area contributed by atoms with Crippen LogP contribution in [0.25, 0.3) is 0 Å². The van der Waals surface area contributed by atoms with E-state index in [1.165, 1.54) is 4.31 Å². The quantitative estimate of drug-likeness (QED) is 0.802. The molecule has 2 N–H and O–H groups in total. The van der Waals surface area contributed by atoms with Crippen molar-refractivity contribution in [2.24, 2.45) is 11.1 Å². The lowest BCUT2D eigenvalue weighted by Crippen LogP contribution is -2.54. The molecule has 0 bridgehead atoms. The fraction of sp³-hybridized carbons (Fsp3) is 1.00. The number of nitrogens with zero attached hydrogens (tertiary/aromatic N) is 1. The number of rotatable bonds is 4. The molecule has 1 aliphatic heterocycles. The van der Waals surface area contributed by atoms with Gasteiger partial charge in [0, 0.05) is 19.1 Å². The first-order valence-corrected chi connectivity index (χ1v) is 7.20. The van der Waals surface area contributed by atoms with E-state index in [4.69, 9.17) is 5.73 Å². The number of sulfonamides is 1. The molecular weight excluding hydrogens is 231 g/mol. The highest BCUT2D eigenvalue weighted by Crippen LogP contribution is 2.29. The summed E-state index contributed by atoms with van der Waals surface area (Å²) < 4.78 is 37.2. The van der Waals surface area contributed by atoms with Crippen molar-refractivity contribution in [2.75, 3.05) is 25.5 Å². The van der Waals surface area contributed by atoms with Gasteiger partial charge >= 0.3 is 0 Å². The zero-order valence-corrected chi connectivity index (χ0v) is 10.8. The Morgan fingerprint density at radius 2 is 2.12 bits per heavy atom. The Balaban J connectivity index is 2.69. The van der Waals surface area contributed by atoms with Crippen LogP contribution >= 0.6 is 0 Å². The van der Waals surface area contributed by atoms with Crippen LogP contribution in [0, 0.1) is 5.41 Å². The van der Waals surface area contributed by atoms with Gasteiger partial charge in [0.25, 0.3) is 0 Å². The topological polar surface area (TPSA) is 63.4 Å². The average molecular weight is 252 g/mol. The van der Waals surface area contributed by atoms with E-state index in [0.717, 1.165) is 0 Å². The van der Waals surface area contributed by atoms with Gasteiger partial charge in [0.2, 0.25) is 10.0 Å². The Morgan fingerprint density at radius 1 is 1.50 bits per heavy atom. The minimum atomic E-state index is -3.30. The van der Waals surface area contributed by atoms with E-state index in [0.29, 0.717) is 19.5 Å². The molecule has 96 valence electrons. The maximum absolute atomic E-state index is 12.0. The SMILES string of the molecule is CC1(C)CN(S(=O)(=O)CCCF)CCC1N. The van der Waals surface area contributed by atoms with Crippen LogP contribution in [0.15, 0.2) is 0 Å². The van der Waals surface area contributed by atoms with Crippen LogP contribution in [0.3, 0.4) is 0 Å². The van der Waals surface area contributed by atoms with Crippen LogP contribution in [-0.2, 0) is 10.0 Å². The van der Waals surface area contributed by atoms with Crippen molar-refractivity contribution >= 4 is 10.0 Å². The molecule has 1 atom stereocenters.